The van der Waals surface area contributed by atoms with Gasteiger partial charge < -0.3 is 10.3 Å². The summed E-state index contributed by atoms with van der Waals surface area (Å²) in [4.78, 5) is 12.4. The Morgan fingerprint density at radius 2 is 1.91 bits per heavy atom. The first-order valence-corrected chi connectivity index (χ1v) is 11.0. The average Bonchev–Trinajstić information content (AvgIpc) is 3.33. The van der Waals surface area contributed by atoms with E-state index in [4.69, 9.17) is 0 Å². The molecule has 0 spiro atoms. The monoisotopic (exact) mass is 438 g/mol. The van der Waals surface area contributed by atoms with Gasteiger partial charge in [-0.05, 0) is 42.5 Å². The lowest BCUT2D eigenvalue weighted by atomic mass is 9.91. The van der Waals surface area contributed by atoms with Crippen molar-refractivity contribution in [1.29, 1.82) is 0 Å². The molecule has 6 nitrogen and oxygen atoms in total. The minimum atomic E-state index is 0.166. The number of hydrogen-bond acceptors (Lipinski definition) is 4. The van der Waals surface area contributed by atoms with Crippen LogP contribution in [0.2, 0.25) is 0 Å². The minimum absolute atomic E-state index is 0.166. The number of nitrogens with zero attached hydrogens (tertiary/aromatic N) is 3. The van der Waals surface area contributed by atoms with Crippen molar-refractivity contribution < 1.29 is 0 Å². The average molecular weight is 439 g/mol. The third-order valence-corrected chi connectivity index (χ3v) is 5.28. The van der Waals surface area contributed by atoms with E-state index in [9.17, 15) is 0 Å². The van der Waals surface area contributed by atoms with E-state index in [1.54, 1.807) is 6.08 Å². The van der Waals surface area contributed by atoms with Gasteiger partial charge in [0.25, 0.3) is 0 Å². The highest BCUT2D eigenvalue weighted by Gasteiger charge is 2.15. The zero-order valence-corrected chi connectivity index (χ0v) is 19.7. The van der Waals surface area contributed by atoms with Gasteiger partial charge in [-0.25, -0.2) is 4.98 Å². The normalized spacial score (nSPS) is 11.9. The molecule has 6 heteroatoms. The second-order valence-electron chi connectivity index (χ2n) is 9.48. The molecular weight excluding hydrogens is 408 g/mol. The topological polar surface area (TPSA) is 82.3 Å². The summed E-state index contributed by atoms with van der Waals surface area (Å²) in [6, 6.07) is 6.27. The van der Waals surface area contributed by atoms with Crippen molar-refractivity contribution in [3.05, 3.63) is 79.1 Å². The SMILES string of the molecule is C=C/C=C\c1cc(-c2[nH]nc3ncc(-c4cncc(NC(=C)CC(C)(C)C)c4)cc23)[nH]c1C. The van der Waals surface area contributed by atoms with Crippen LogP contribution in [0, 0.1) is 12.3 Å². The lowest BCUT2D eigenvalue weighted by Crippen LogP contribution is -2.10. The molecule has 168 valence electrons. The maximum atomic E-state index is 4.57. The largest absolute Gasteiger partial charge is 0.358 e. The first-order chi connectivity index (χ1) is 15.7. The summed E-state index contributed by atoms with van der Waals surface area (Å²) in [5, 5.41) is 11.9. The van der Waals surface area contributed by atoms with Gasteiger partial charge in [-0.1, -0.05) is 52.2 Å². The molecule has 0 unspecified atom stereocenters. The van der Waals surface area contributed by atoms with E-state index in [0.29, 0.717) is 5.65 Å². The summed E-state index contributed by atoms with van der Waals surface area (Å²) in [7, 11) is 0. The van der Waals surface area contributed by atoms with Crippen LogP contribution in [-0.2, 0) is 0 Å². The molecule has 0 amide bonds. The fourth-order valence-electron chi connectivity index (χ4n) is 3.87. The van der Waals surface area contributed by atoms with Crippen LogP contribution in [0.5, 0.6) is 0 Å². The molecule has 3 N–H and O–H groups in total. The molecule has 0 radical (unpaired) electrons. The number of aryl methyl sites for hydroxylation is 1. The molecule has 0 bridgehead atoms. The second kappa shape index (κ2) is 8.90. The third-order valence-electron chi connectivity index (χ3n) is 5.28. The van der Waals surface area contributed by atoms with Crippen molar-refractivity contribution >= 4 is 22.8 Å². The van der Waals surface area contributed by atoms with Gasteiger partial charge >= 0.3 is 0 Å². The highest BCUT2D eigenvalue weighted by Crippen LogP contribution is 2.31. The van der Waals surface area contributed by atoms with E-state index in [1.165, 1.54) is 0 Å². The zero-order valence-electron chi connectivity index (χ0n) is 19.7. The zero-order chi connectivity index (χ0) is 23.6. The van der Waals surface area contributed by atoms with Crippen LogP contribution in [0.3, 0.4) is 0 Å². The quantitative estimate of drug-likeness (QED) is 0.275. The predicted octanol–water partition coefficient (Wildman–Crippen LogP) is 6.88. The maximum absolute atomic E-state index is 4.57. The van der Waals surface area contributed by atoms with Crippen LogP contribution in [0.25, 0.3) is 39.6 Å². The van der Waals surface area contributed by atoms with E-state index in [2.05, 4.69) is 82.6 Å². The van der Waals surface area contributed by atoms with Crippen molar-refractivity contribution in [2.75, 3.05) is 5.32 Å². The van der Waals surface area contributed by atoms with Crippen molar-refractivity contribution in [3.8, 4) is 22.5 Å². The van der Waals surface area contributed by atoms with Gasteiger partial charge in [-0.3, -0.25) is 10.1 Å². The Labute approximate surface area is 194 Å². The number of rotatable bonds is 7. The fraction of sp³-hybridized carbons (Fsp3) is 0.222. The van der Waals surface area contributed by atoms with E-state index in [1.807, 2.05) is 37.7 Å². The number of nitrogens with one attached hydrogen (secondary N) is 3. The van der Waals surface area contributed by atoms with E-state index in [-0.39, 0.29) is 5.41 Å². The van der Waals surface area contributed by atoms with Crippen LogP contribution in [0.4, 0.5) is 5.69 Å². The second-order valence-corrected chi connectivity index (χ2v) is 9.48. The molecule has 0 aliphatic carbocycles. The molecule has 0 aromatic carbocycles. The molecular formula is C27H30N6. The number of H-pyrrole nitrogens is 2. The molecule has 0 aliphatic heterocycles. The van der Waals surface area contributed by atoms with E-state index >= 15 is 0 Å². The molecule has 4 aromatic rings. The molecule has 0 saturated carbocycles. The number of aromatic amines is 2. The molecule has 4 aromatic heterocycles. The Morgan fingerprint density at radius 1 is 1.12 bits per heavy atom. The Morgan fingerprint density at radius 3 is 2.67 bits per heavy atom. The first-order valence-electron chi connectivity index (χ1n) is 11.0. The van der Waals surface area contributed by atoms with Gasteiger partial charge in [0, 0.05) is 40.3 Å². The van der Waals surface area contributed by atoms with E-state index < -0.39 is 0 Å². The highest BCUT2D eigenvalue weighted by molar-refractivity contribution is 5.93. The molecule has 0 saturated heterocycles. The van der Waals surface area contributed by atoms with Gasteiger partial charge in [0.05, 0.1) is 23.3 Å². The van der Waals surface area contributed by atoms with Gasteiger partial charge in [-0.2, -0.15) is 5.10 Å². The fourth-order valence-corrected chi connectivity index (χ4v) is 3.87. The molecule has 4 rings (SSSR count). The highest BCUT2D eigenvalue weighted by atomic mass is 15.2. The van der Waals surface area contributed by atoms with Gasteiger partial charge in [-0.15, -0.1) is 0 Å². The maximum Gasteiger partial charge on any atom is 0.181 e. The number of anilines is 1. The van der Waals surface area contributed by atoms with Gasteiger partial charge in [0.2, 0.25) is 0 Å². The predicted molar refractivity (Wildman–Crippen MR) is 138 cm³/mol. The van der Waals surface area contributed by atoms with Crippen LogP contribution in [-0.4, -0.2) is 25.1 Å². The number of allylic oxidation sites excluding steroid dienone is 3. The lowest BCUT2D eigenvalue weighted by Gasteiger charge is -2.20. The first kappa shape index (κ1) is 22.3. The Balaban J connectivity index is 1.66. The molecule has 0 atom stereocenters. The lowest BCUT2D eigenvalue weighted by molar-refractivity contribution is 0.411. The molecule has 0 aliphatic rings. The Hall–Kier alpha value is -3.93. The van der Waals surface area contributed by atoms with Crippen LogP contribution < -0.4 is 5.32 Å². The Bertz CT molecular complexity index is 1350. The van der Waals surface area contributed by atoms with Crippen molar-refractivity contribution in [3.63, 3.8) is 0 Å². The summed E-state index contributed by atoms with van der Waals surface area (Å²) in [5.41, 5.74) is 8.71. The number of pyridine rings is 2. The number of fused-ring (bicyclic) bond motifs is 1. The Kier molecular flexibility index (Phi) is 6.01. The standard InChI is InChI=1S/C27H30N6/c1-7-8-9-19-12-24(31-18(19)3)25-23-11-21(15-29-26(23)33-32-25)20-10-22(16-28-14-20)30-17(2)13-27(4,5)6/h7-12,14-16,30-31H,1-2,13H2,3-6H3,(H,29,32,33)/b9-8-. The minimum Gasteiger partial charge on any atom is -0.358 e. The van der Waals surface area contributed by atoms with E-state index in [0.717, 1.165) is 57.0 Å². The molecule has 4 heterocycles. The number of hydrogen-bond donors (Lipinski definition) is 3. The van der Waals surface area contributed by atoms with Crippen LogP contribution in [0.15, 0.2) is 67.8 Å². The van der Waals surface area contributed by atoms with Crippen molar-refractivity contribution in [1.82, 2.24) is 25.1 Å². The molecule has 0 fully saturated rings. The number of aromatic nitrogens is 5. The van der Waals surface area contributed by atoms with Gasteiger partial charge in [0.1, 0.15) is 0 Å². The summed E-state index contributed by atoms with van der Waals surface area (Å²) in [5.74, 6) is 0. The summed E-state index contributed by atoms with van der Waals surface area (Å²) < 4.78 is 0. The third kappa shape index (κ3) is 5.12. The van der Waals surface area contributed by atoms with Crippen LogP contribution in [0.1, 0.15) is 38.4 Å². The summed E-state index contributed by atoms with van der Waals surface area (Å²) >= 11 is 0. The van der Waals surface area contributed by atoms with Crippen molar-refractivity contribution in [2.45, 2.75) is 34.1 Å². The van der Waals surface area contributed by atoms with Crippen molar-refractivity contribution in [2.24, 2.45) is 5.41 Å². The smallest absolute Gasteiger partial charge is 0.181 e. The van der Waals surface area contributed by atoms with Gasteiger partial charge in [0.15, 0.2) is 5.65 Å². The van der Waals surface area contributed by atoms with Crippen LogP contribution >= 0.6 is 0 Å². The summed E-state index contributed by atoms with van der Waals surface area (Å²) in [6.45, 7) is 16.5. The summed E-state index contributed by atoms with van der Waals surface area (Å²) in [6.07, 6.45) is 12.1. The molecule has 33 heavy (non-hydrogen) atoms.